The van der Waals surface area contributed by atoms with Crippen molar-refractivity contribution in [3.63, 3.8) is 0 Å². The molecule has 2 nitrogen and oxygen atoms in total. The third-order valence-electron chi connectivity index (χ3n) is 3.64. The maximum absolute atomic E-state index is 5.22. The summed E-state index contributed by atoms with van der Waals surface area (Å²) in [4.78, 5) is 3.06. The summed E-state index contributed by atoms with van der Waals surface area (Å²) in [6, 6.07) is 0. The highest BCUT2D eigenvalue weighted by atomic mass is 32.1. The zero-order valence-corrected chi connectivity index (χ0v) is 9.57. The lowest BCUT2D eigenvalue weighted by molar-refractivity contribution is 0.236. The number of nitrogens with one attached hydrogen (secondary N) is 1. The maximum Gasteiger partial charge on any atom is 0.177 e. The molecular formula is C11H18N2S. The summed E-state index contributed by atoms with van der Waals surface area (Å²) in [6.07, 6.45) is 10.8. The van der Waals surface area contributed by atoms with Crippen LogP contribution in [0.25, 0.3) is 0 Å². The van der Waals surface area contributed by atoms with Crippen molar-refractivity contribution < 1.29 is 0 Å². The van der Waals surface area contributed by atoms with E-state index in [0.29, 0.717) is 5.41 Å². The second-order valence-electron chi connectivity index (χ2n) is 4.45. The highest BCUT2D eigenvalue weighted by Gasteiger charge is 2.32. The number of imidazole rings is 1. The molecule has 1 fully saturated rings. The minimum Gasteiger partial charge on any atom is -0.337 e. The molecule has 1 aromatic heterocycles. The number of H-pyrrole nitrogens is 1. The Labute approximate surface area is 90.3 Å². The van der Waals surface area contributed by atoms with Gasteiger partial charge in [-0.3, -0.25) is 0 Å². The van der Waals surface area contributed by atoms with Gasteiger partial charge in [0.1, 0.15) is 0 Å². The first-order chi connectivity index (χ1) is 6.76. The van der Waals surface area contributed by atoms with Crippen molar-refractivity contribution >= 4 is 12.2 Å². The fraction of sp³-hybridized carbons (Fsp3) is 0.727. The smallest absolute Gasteiger partial charge is 0.177 e. The molecule has 1 aliphatic carbocycles. The van der Waals surface area contributed by atoms with Gasteiger partial charge in [0.05, 0.1) is 0 Å². The molecule has 0 aromatic carbocycles. The van der Waals surface area contributed by atoms with Crippen LogP contribution in [-0.4, -0.2) is 9.55 Å². The normalized spacial score (nSPS) is 20.1. The van der Waals surface area contributed by atoms with E-state index in [0.717, 1.165) is 11.3 Å². The number of aromatic amines is 1. The van der Waals surface area contributed by atoms with E-state index in [1.807, 2.05) is 6.20 Å². The van der Waals surface area contributed by atoms with Gasteiger partial charge in [-0.05, 0) is 36.9 Å². The van der Waals surface area contributed by atoms with Gasteiger partial charge in [-0.1, -0.05) is 19.8 Å². The fourth-order valence-corrected chi connectivity index (χ4v) is 2.78. The molecule has 1 N–H and O–H groups in total. The Morgan fingerprint density at radius 2 is 2.21 bits per heavy atom. The molecule has 0 aliphatic heterocycles. The van der Waals surface area contributed by atoms with Crippen LogP contribution in [0.4, 0.5) is 0 Å². The number of nitrogens with zero attached hydrogens (tertiary/aromatic N) is 1. The fourth-order valence-electron chi connectivity index (χ4n) is 2.58. The average molecular weight is 210 g/mol. The predicted molar refractivity (Wildman–Crippen MR) is 60.8 cm³/mol. The number of hydrogen-bond acceptors (Lipinski definition) is 1. The van der Waals surface area contributed by atoms with E-state index in [9.17, 15) is 0 Å². The Kier molecular flexibility index (Phi) is 2.77. The van der Waals surface area contributed by atoms with Crippen molar-refractivity contribution in [3.05, 3.63) is 17.2 Å². The lowest BCUT2D eigenvalue weighted by atomic mass is 9.83. The van der Waals surface area contributed by atoms with Crippen LogP contribution in [0.3, 0.4) is 0 Å². The molecule has 1 aromatic rings. The minimum absolute atomic E-state index is 0.528. The largest absolute Gasteiger partial charge is 0.337 e. The predicted octanol–water partition coefficient (Wildman–Crippen LogP) is 3.52. The maximum atomic E-state index is 5.22. The molecule has 0 spiro atoms. The van der Waals surface area contributed by atoms with E-state index in [4.69, 9.17) is 12.2 Å². The first kappa shape index (κ1) is 9.97. The van der Waals surface area contributed by atoms with Crippen molar-refractivity contribution in [2.45, 2.75) is 45.6 Å². The standard InChI is InChI=1S/C11H18N2S/c1-2-11(5-3-4-6-11)9-13-8-7-12-10(13)14/h7-8H,2-6,9H2,1H3,(H,12,14). The van der Waals surface area contributed by atoms with Crippen molar-refractivity contribution in [1.29, 1.82) is 0 Å². The zero-order valence-electron chi connectivity index (χ0n) is 8.75. The number of aromatic nitrogens is 2. The van der Waals surface area contributed by atoms with Gasteiger partial charge in [-0.2, -0.15) is 0 Å². The molecule has 1 aliphatic rings. The number of hydrogen-bond donors (Lipinski definition) is 1. The van der Waals surface area contributed by atoms with Gasteiger partial charge in [0.15, 0.2) is 4.77 Å². The molecule has 0 unspecified atom stereocenters. The summed E-state index contributed by atoms with van der Waals surface area (Å²) >= 11 is 5.22. The van der Waals surface area contributed by atoms with Crippen molar-refractivity contribution in [1.82, 2.24) is 9.55 Å². The van der Waals surface area contributed by atoms with Gasteiger partial charge in [0.2, 0.25) is 0 Å². The van der Waals surface area contributed by atoms with Crippen LogP contribution in [-0.2, 0) is 6.54 Å². The Balaban J connectivity index is 2.16. The molecule has 2 rings (SSSR count). The minimum atomic E-state index is 0.528. The summed E-state index contributed by atoms with van der Waals surface area (Å²) in [5.74, 6) is 0. The SMILES string of the molecule is CCC1(Cn2cc[nH]c2=S)CCCC1. The molecule has 14 heavy (non-hydrogen) atoms. The van der Waals surface area contributed by atoms with Crippen LogP contribution in [0.5, 0.6) is 0 Å². The monoisotopic (exact) mass is 210 g/mol. The van der Waals surface area contributed by atoms with Gasteiger partial charge < -0.3 is 9.55 Å². The molecule has 0 radical (unpaired) electrons. The lowest BCUT2D eigenvalue weighted by Gasteiger charge is -2.27. The van der Waals surface area contributed by atoms with Crippen molar-refractivity contribution in [3.8, 4) is 0 Å². The average Bonchev–Trinajstić information content (AvgIpc) is 2.79. The summed E-state index contributed by atoms with van der Waals surface area (Å²) in [5, 5.41) is 0. The second-order valence-corrected chi connectivity index (χ2v) is 4.84. The molecule has 0 saturated heterocycles. The van der Waals surface area contributed by atoms with E-state index in [2.05, 4.69) is 22.7 Å². The molecule has 0 bridgehead atoms. The summed E-state index contributed by atoms with van der Waals surface area (Å²) in [5.41, 5.74) is 0.528. The van der Waals surface area contributed by atoms with Gasteiger partial charge in [0.25, 0.3) is 0 Å². The second kappa shape index (κ2) is 3.89. The first-order valence-corrected chi connectivity index (χ1v) is 5.90. The molecule has 1 saturated carbocycles. The Morgan fingerprint density at radius 1 is 1.50 bits per heavy atom. The Hall–Kier alpha value is -0.570. The van der Waals surface area contributed by atoms with E-state index < -0.39 is 0 Å². The van der Waals surface area contributed by atoms with Crippen LogP contribution in [0, 0.1) is 10.2 Å². The van der Waals surface area contributed by atoms with Crippen LogP contribution < -0.4 is 0 Å². The topological polar surface area (TPSA) is 20.7 Å². The molecular weight excluding hydrogens is 192 g/mol. The summed E-state index contributed by atoms with van der Waals surface area (Å²) < 4.78 is 3.05. The third-order valence-corrected chi connectivity index (χ3v) is 3.99. The van der Waals surface area contributed by atoms with Gasteiger partial charge in [-0.15, -0.1) is 0 Å². The van der Waals surface area contributed by atoms with Crippen molar-refractivity contribution in [2.24, 2.45) is 5.41 Å². The van der Waals surface area contributed by atoms with E-state index in [-0.39, 0.29) is 0 Å². The highest BCUT2D eigenvalue weighted by molar-refractivity contribution is 7.71. The van der Waals surface area contributed by atoms with E-state index >= 15 is 0 Å². The summed E-state index contributed by atoms with van der Waals surface area (Å²) in [7, 11) is 0. The molecule has 1 heterocycles. The molecule has 78 valence electrons. The molecule has 0 amide bonds. The van der Waals surface area contributed by atoms with E-state index in [1.165, 1.54) is 32.1 Å². The van der Waals surface area contributed by atoms with Crippen LogP contribution in [0.2, 0.25) is 0 Å². The summed E-state index contributed by atoms with van der Waals surface area (Å²) in [6.45, 7) is 3.41. The molecule has 0 atom stereocenters. The zero-order chi connectivity index (χ0) is 10.0. The van der Waals surface area contributed by atoms with Gasteiger partial charge in [-0.25, -0.2) is 0 Å². The lowest BCUT2D eigenvalue weighted by Crippen LogP contribution is -2.22. The third kappa shape index (κ3) is 1.78. The van der Waals surface area contributed by atoms with Crippen LogP contribution in [0.1, 0.15) is 39.0 Å². The quantitative estimate of drug-likeness (QED) is 0.757. The van der Waals surface area contributed by atoms with E-state index in [1.54, 1.807) is 0 Å². The van der Waals surface area contributed by atoms with Gasteiger partial charge in [0, 0.05) is 18.9 Å². The first-order valence-electron chi connectivity index (χ1n) is 5.50. The number of rotatable bonds is 3. The molecule has 3 heteroatoms. The van der Waals surface area contributed by atoms with Crippen LogP contribution in [0.15, 0.2) is 12.4 Å². The highest BCUT2D eigenvalue weighted by Crippen LogP contribution is 2.42. The Bertz CT molecular complexity index is 344. The van der Waals surface area contributed by atoms with Crippen LogP contribution >= 0.6 is 12.2 Å². The van der Waals surface area contributed by atoms with Gasteiger partial charge >= 0.3 is 0 Å². The Morgan fingerprint density at radius 3 is 2.71 bits per heavy atom. The van der Waals surface area contributed by atoms with Crippen molar-refractivity contribution in [2.75, 3.05) is 0 Å².